The van der Waals surface area contributed by atoms with Crippen LogP contribution in [0.4, 0.5) is 0 Å². The van der Waals surface area contributed by atoms with Crippen molar-refractivity contribution in [2.24, 2.45) is 5.92 Å². The molecule has 0 radical (unpaired) electrons. The molecule has 2 aromatic rings. The molecule has 2 fully saturated rings. The quantitative estimate of drug-likeness (QED) is 0.817. The van der Waals surface area contributed by atoms with Crippen molar-refractivity contribution in [3.8, 4) is 0 Å². The first kappa shape index (κ1) is 18.7. The summed E-state index contributed by atoms with van der Waals surface area (Å²) < 4.78 is 5.43. The fourth-order valence-corrected chi connectivity index (χ4v) is 4.60. The van der Waals surface area contributed by atoms with E-state index in [1.54, 1.807) is 13.8 Å². The summed E-state index contributed by atoms with van der Waals surface area (Å²) in [5.74, 6) is 1.62. The Morgan fingerprint density at radius 3 is 2.71 bits per heavy atom. The molecular formula is C22H27N3O3. The SMILES string of the molecule is Cc1nc(C(=O)N2CCC3C(CCC(=O)N3CCc3ccccc3)C2)c(C)o1. The highest BCUT2D eigenvalue weighted by atomic mass is 16.4. The van der Waals surface area contributed by atoms with Crippen molar-refractivity contribution in [3.63, 3.8) is 0 Å². The lowest BCUT2D eigenvalue weighted by Gasteiger charge is -2.47. The molecule has 3 heterocycles. The van der Waals surface area contributed by atoms with E-state index in [9.17, 15) is 9.59 Å². The number of aryl methyl sites for hydroxylation is 2. The number of carbonyl (C=O) groups is 2. The zero-order valence-electron chi connectivity index (χ0n) is 16.6. The van der Waals surface area contributed by atoms with Crippen LogP contribution in [0, 0.1) is 19.8 Å². The van der Waals surface area contributed by atoms with Gasteiger partial charge in [-0.3, -0.25) is 9.59 Å². The van der Waals surface area contributed by atoms with Gasteiger partial charge in [0, 0.05) is 39.0 Å². The zero-order chi connectivity index (χ0) is 19.7. The molecule has 0 saturated carbocycles. The Morgan fingerprint density at radius 2 is 2.00 bits per heavy atom. The third-order valence-electron chi connectivity index (χ3n) is 6.02. The molecule has 148 valence electrons. The summed E-state index contributed by atoms with van der Waals surface area (Å²) >= 11 is 0. The smallest absolute Gasteiger partial charge is 0.276 e. The number of benzene rings is 1. The van der Waals surface area contributed by atoms with E-state index >= 15 is 0 Å². The minimum Gasteiger partial charge on any atom is -0.445 e. The summed E-state index contributed by atoms with van der Waals surface area (Å²) in [4.78, 5) is 33.7. The molecule has 4 rings (SSSR count). The van der Waals surface area contributed by atoms with E-state index in [4.69, 9.17) is 4.42 Å². The highest BCUT2D eigenvalue weighted by molar-refractivity contribution is 5.93. The maximum Gasteiger partial charge on any atom is 0.276 e. The number of rotatable bonds is 4. The number of piperidine rings is 2. The number of carbonyl (C=O) groups excluding carboxylic acids is 2. The topological polar surface area (TPSA) is 66.7 Å². The number of amides is 2. The van der Waals surface area contributed by atoms with Gasteiger partial charge in [0.2, 0.25) is 5.91 Å². The number of fused-ring (bicyclic) bond motifs is 1. The third kappa shape index (κ3) is 3.68. The van der Waals surface area contributed by atoms with Crippen molar-refractivity contribution in [2.75, 3.05) is 19.6 Å². The van der Waals surface area contributed by atoms with Gasteiger partial charge in [-0.15, -0.1) is 0 Å². The van der Waals surface area contributed by atoms with Gasteiger partial charge in [0.25, 0.3) is 5.91 Å². The summed E-state index contributed by atoms with van der Waals surface area (Å²) in [6.45, 7) is 5.63. The van der Waals surface area contributed by atoms with E-state index in [0.717, 1.165) is 25.8 Å². The monoisotopic (exact) mass is 381 g/mol. The van der Waals surface area contributed by atoms with Gasteiger partial charge in [0.05, 0.1) is 0 Å². The minimum absolute atomic E-state index is 0.0551. The van der Waals surface area contributed by atoms with E-state index in [2.05, 4.69) is 22.0 Å². The molecule has 6 heteroatoms. The maximum absolute atomic E-state index is 12.9. The first-order valence-electron chi connectivity index (χ1n) is 10.1. The molecule has 1 aromatic carbocycles. The third-order valence-corrected chi connectivity index (χ3v) is 6.02. The molecule has 0 bridgehead atoms. The average Bonchev–Trinajstić information content (AvgIpc) is 3.05. The Morgan fingerprint density at radius 1 is 1.21 bits per heavy atom. The fourth-order valence-electron chi connectivity index (χ4n) is 4.60. The first-order chi connectivity index (χ1) is 13.5. The summed E-state index contributed by atoms with van der Waals surface area (Å²) in [5, 5.41) is 0. The molecule has 2 saturated heterocycles. The molecule has 0 spiro atoms. The Balaban J connectivity index is 1.42. The van der Waals surface area contributed by atoms with E-state index in [1.807, 2.05) is 23.1 Å². The van der Waals surface area contributed by atoms with E-state index in [-0.39, 0.29) is 17.9 Å². The average molecular weight is 381 g/mol. The van der Waals surface area contributed by atoms with Crippen molar-refractivity contribution in [3.05, 3.63) is 53.2 Å². The van der Waals surface area contributed by atoms with Crippen molar-refractivity contribution in [1.82, 2.24) is 14.8 Å². The number of hydrogen-bond donors (Lipinski definition) is 0. The summed E-state index contributed by atoms with van der Waals surface area (Å²) in [6, 6.07) is 10.5. The molecule has 2 atom stereocenters. The summed E-state index contributed by atoms with van der Waals surface area (Å²) in [5.41, 5.74) is 1.67. The predicted octanol–water partition coefficient (Wildman–Crippen LogP) is 2.99. The summed E-state index contributed by atoms with van der Waals surface area (Å²) in [7, 11) is 0. The van der Waals surface area contributed by atoms with Crippen LogP contribution in [0.2, 0.25) is 0 Å². The number of oxazole rings is 1. The Bertz CT molecular complexity index is 861. The first-order valence-corrected chi connectivity index (χ1v) is 10.1. The van der Waals surface area contributed by atoms with Crippen LogP contribution in [0.25, 0.3) is 0 Å². The normalized spacial score (nSPS) is 22.3. The Hall–Kier alpha value is -2.63. The van der Waals surface area contributed by atoms with Gasteiger partial charge in [-0.05, 0) is 37.7 Å². The van der Waals surface area contributed by atoms with Crippen LogP contribution in [0.15, 0.2) is 34.7 Å². The molecule has 1 aromatic heterocycles. The van der Waals surface area contributed by atoms with Crippen molar-refractivity contribution in [1.29, 1.82) is 0 Å². The minimum atomic E-state index is -0.0551. The molecule has 0 N–H and O–H groups in total. The van der Waals surface area contributed by atoms with Crippen LogP contribution in [0.3, 0.4) is 0 Å². The highest BCUT2D eigenvalue weighted by Gasteiger charge is 2.40. The molecule has 6 nitrogen and oxygen atoms in total. The lowest BCUT2D eigenvalue weighted by atomic mass is 9.83. The van der Waals surface area contributed by atoms with E-state index < -0.39 is 0 Å². The van der Waals surface area contributed by atoms with Crippen LogP contribution in [0.1, 0.15) is 47.0 Å². The molecule has 2 unspecified atom stereocenters. The van der Waals surface area contributed by atoms with Gasteiger partial charge in [0.1, 0.15) is 5.76 Å². The molecule has 2 aliphatic heterocycles. The largest absolute Gasteiger partial charge is 0.445 e. The molecular weight excluding hydrogens is 354 g/mol. The lowest BCUT2D eigenvalue weighted by Crippen LogP contribution is -2.57. The van der Waals surface area contributed by atoms with Crippen molar-refractivity contribution < 1.29 is 14.0 Å². The van der Waals surface area contributed by atoms with Crippen LogP contribution < -0.4 is 0 Å². The molecule has 28 heavy (non-hydrogen) atoms. The number of aromatic nitrogens is 1. The fraction of sp³-hybridized carbons (Fsp3) is 0.500. The number of nitrogens with zero attached hydrogens (tertiary/aromatic N) is 3. The van der Waals surface area contributed by atoms with Gasteiger partial charge in [0.15, 0.2) is 11.6 Å². The zero-order valence-corrected chi connectivity index (χ0v) is 16.6. The molecule has 2 aliphatic rings. The Kier molecular flexibility index (Phi) is 5.20. The van der Waals surface area contributed by atoms with Crippen LogP contribution in [-0.4, -0.2) is 52.3 Å². The number of hydrogen-bond acceptors (Lipinski definition) is 4. The second kappa shape index (κ2) is 7.78. The van der Waals surface area contributed by atoms with Gasteiger partial charge >= 0.3 is 0 Å². The molecule has 2 amide bonds. The lowest BCUT2D eigenvalue weighted by molar-refractivity contribution is -0.140. The van der Waals surface area contributed by atoms with E-state index in [1.165, 1.54) is 5.56 Å². The van der Waals surface area contributed by atoms with Crippen LogP contribution in [0.5, 0.6) is 0 Å². The highest BCUT2D eigenvalue weighted by Crippen LogP contribution is 2.32. The van der Waals surface area contributed by atoms with Crippen LogP contribution in [-0.2, 0) is 11.2 Å². The maximum atomic E-state index is 12.9. The summed E-state index contributed by atoms with van der Waals surface area (Å²) in [6.07, 6.45) is 3.12. The van der Waals surface area contributed by atoms with Gasteiger partial charge in [-0.25, -0.2) is 4.98 Å². The van der Waals surface area contributed by atoms with Gasteiger partial charge < -0.3 is 14.2 Å². The van der Waals surface area contributed by atoms with Crippen LogP contribution >= 0.6 is 0 Å². The predicted molar refractivity (Wildman–Crippen MR) is 105 cm³/mol. The van der Waals surface area contributed by atoms with Crippen molar-refractivity contribution >= 4 is 11.8 Å². The molecule has 0 aliphatic carbocycles. The standard InChI is InChI=1S/C22H27N3O3/c1-15-21(23-16(2)28-15)22(27)24-12-11-19-18(14-24)8-9-20(26)25(19)13-10-17-6-4-3-5-7-17/h3-7,18-19H,8-14H2,1-2H3. The van der Waals surface area contributed by atoms with Gasteiger partial charge in [-0.1, -0.05) is 30.3 Å². The number of likely N-dealkylation sites (tertiary alicyclic amines) is 2. The van der Waals surface area contributed by atoms with Crippen molar-refractivity contribution in [2.45, 2.75) is 45.6 Å². The second-order valence-corrected chi connectivity index (χ2v) is 7.87. The Labute approximate surface area is 165 Å². The van der Waals surface area contributed by atoms with E-state index in [0.29, 0.717) is 42.8 Å². The second-order valence-electron chi connectivity index (χ2n) is 7.87. The van der Waals surface area contributed by atoms with Gasteiger partial charge in [-0.2, -0.15) is 0 Å².